The number of carbonyl (C=O) groups excluding carboxylic acids is 1. The van der Waals surface area contributed by atoms with Crippen LogP contribution in [-0.2, 0) is 11.0 Å². The zero-order valence-electron chi connectivity index (χ0n) is 23.0. The molecular weight excluding hydrogens is 492 g/mol. The fraction of sp³-hybridized carbons (Fsp3) is 0.548. The van der Waals surface area contributed by atoms with Crippen LogP contribution in [0.5, 0.6) is 0 Å². The number of aliphatic imine (C=N–C) groups is 1. The zero-order chi connectivity index (χ0) is 27.9. The minimum atomic E-state index is -4.73. The van der Waals surface area contributed by atoms with E-state index in [-0.39, 0.29) is 22.7 Å². The number of rotatable bonds is 7. The molecule has 0 aromatic heterocycles. The summed E-state index contributed by atoms with van der Waals surface area (Å²) in [7, 11) is 0. The molecule has 4 rings (SSSR count). The number of hydrogen-bond acceptors (Lipinski definition) is 2. The van der Waals surface area contributed by atoms with Gasteiger partial charge in [-0.1, -0.05) is 70.4 Å². The second-order valence-corrected chi connectivity index (χ2v) is 11.7. The van der Waals surface area contributed by atoms with Gasteiger partial charge in [-0.2, -0.15) is 13.2 Å². The lowest BCUT2D eigenvalue weighted by atomic mass is 9.67. The molecule has 206 valence electrons. The van der Waals surface area contributed by atoms with Crippen molar-refractivity contribution in [3.63, 3.8) is 0 Å². The largest absolute Gasteiger partial charge is 0.416 e. The Hall–Kier alpha value is -2.70. The molecule has 2 aromatic rings. The fourth-order valence-electron chi connectivity index (χ4n) is 6.13. The Balaban J connectivity index is 1.82. The van der Waals surface area contributed by atoms with Gasteiger partial charge < -0.3 is 4.90 Å². The van der Waals surface area contributed by atoms with E-state index in [1.54, 1.807) is 0 Å². The zero-order valence-corrected chi connectivity index (χ0v) is 23.0. The van der Waals surface area contributed by atoms with Gasteiger partial charge >= 0.3 is 6.18 Å². The Morgan fingerprint density at radius 3 is 2.24 bits per heavy atom. The van der Waals surface area contributed by atoms with Crippen molar-refractivity contribution >= 4 is 11.6 Å². The molecule has 0 N–H and O–H groups in total. The van der Waals surface area contributed by atoms with Gasteiger partial charge in [0.2, 0.25) is 0 Å². The van der Waals surface area contributed by atoms with Crippen molar-refractivity contribution < 1.29 is 22.4 Å². The number of hydrogen-bond donors (Lipinski definition) is 0. The maximum absolute atomic E-state index is 14.4. The summed E-state index contributed by atoms with van der Waals surface area (Å²) in [6.07, 6.45) is 0.807. The minimum Gasteiger partial charge on any atom is -0.305 e. The fourth-order valence-corrected chi connectivity index (χ4v) is 6.13. The lowest BCUT2D eigenvalue weighted by Crippen LogP contribution is -2.51. The molecule has 2 aromatic carbocycles. The smallest absolute Gasteiger partial charge is 0.305 e. The van der Waals surface area contributed by atoms with E-state index < -0.39 is 29.1 Å². The second-order valence-electron chi connectivity index (χ2n) is 11.7. The maximum Gasteiger partial charge on any atom is 0.416 e. The molecule has 3 nitrogen and oxygen atoms in total. The predicted molar refractivity (Wildman–Crippen MR) is 142 cm³/mol. The standard InChI is InChI=1S/C31H38F4N2O/c1-6-8-26(21-11-9-20(3)10-12-21)37-28(38)27(22-17-24(31(33,34)35)19-25(32)18-22)36-30(37)15-13-23(14-16-30)29(4,5)7-2/h9-12,17-19,23,26H,6-8,13-16H2,1-5H3/t23?,26-,30?/m1/s1. The molecule has 1 amide bonds. The van der Waals surface area contributed by atoms with Crippen molar-refractivity contribution in [3.8, 4) is 0 Å². The van der Waals surface area contributed by atoms with Gasteiger partial charge in [-0.15, -0.1) is 0 Å². The van der Waals surface area contributed by atoms with Crippen LogP contribution in [0.4, 0.5) is 17.6 Å². The first-order valence-corrected chi connectivity index (χ1v) is 13.7. The van der Waals surface area contributed by atoms with E-state index >= 15 is 0 Å². The average molecular weight is 531 g/mol. The SMILES string of the molecule is CCC[C@H](c1ccc(C)cc1)N1C(=O)C(c2cc(F)cc(C(F)(F)F)c2)=NC12CCC(C(C)(C)CC)CC2. The van der Waals surface area contributed by atoms with Gasteiger partial charge in [0.1, 0.15) is 17.2 Å². The van der Waals surface area contributed by atoms with E-state index in [0.29, 0.717) is 31.2 Å². The van der Waals surface area contributed by atoms with Crippen molar-refractivity contribution in [2.24, 2.45) is 16.3 Å². The number of benzene rings is 2. The third-order valence-electron chi connectivity index (χ3n) is 8.83. The van der Waals surface area contributed by atoms with Crippen LogP contribution in [0, 0.1) is 24.1 Å². The Kier molecular flexibility index (Phi) is 7.79. The summed E-state index contributed by atoms with van der Waals surface area (Å²) >= 11 is 0. The topological polar surface area (TPSA) is 32.7 Å². The molecule has 2 aliphatic rings. The Labute approximate surface area is 223 Å². The van der Waals surface area contributed by atoms with Gasteiger partial charge in [0.05, 0.1) is 11.6 Å². The molecule has 1 aliphatic carbocycles. The van der Waals surface area contributed by atoms with E-state index in [2.05, 4.69) is 27.7 Å². The van der Waals surface area contributed by atoms with Gasteiger partial charge in [0.15, 0.2) is 0 Å². The molecule has 1 aliphatic heterocycles. The van der Waals surface area contributed by atoms with Gasteiger partial charge in [0, 0.05) is 5.56 Å². The van der Waals surface area contributed by atoms with Crippen molar-refractivity contribution in [2.75, 3.05) is 0 Å². The van der Waals surface area contributed by atoms with Gasteiger partial charge in [-0.05, 0) is 74.1 Å². The quantitative estimate of drug-likeness (QED) is 0.330. The van der Waals surface area contributed by atoms with E-state index in [0.717, 1.165) is 48.9 Å². The van der Waals surface area contributed by atoms with Gasteiger partial charge in [-0.3, -0.25) is 9.79 Å². The van der Waals surface area contributed by atoms with Crippen molar-refractivity contribution in [3.05, 3.63) is 70.5 Å². The molecular formula is C31H38F4N2O. The Morgan fingerprint density at radius 1 is 1.05 bits per heavy atom. The lowest BCUT2D eigenvalue weighted by molar-refractivity contribution is -0.138. The van der Waals surface area contributed by atoms with E-state index in [1.807, 2.05) is 36.1 Å². The molecule has 7 heteroatoms. The van der Waals surface area contributed by atoms with Crippen LogP contribution in [0.3, 0.4) is 0 Å². The monoisotopic (exact) mass is 530 g/mol. The molecule has 1 saturated carbocycles. The first-order chi connectivity index (χ1) is 17.8. The highest BCUT2D eigenvalue weighted by Gasteiger charge is 2.53. The number of alkyl halides is 3. The highest BCUT2D eigenvalue weighted by atomic mass is 19.4. The van der Waals surface area contributed by atoms with Gasteiger partial charge in [-0.25, -0.2) is 4.39 Å². The summed E-state index contributed by atoms with van der Waals surface area (Å²) in [6.45, 7) is 10.8. The van der Waals surface area contributed by atoms with E-state index in [9.17, 15) is 22.4 Å². The normalized spacial score (nSPS) is 23.2. The van der Waals surface area contributed by atoms with Crippen LogP contribution < -0.4 is 0 Å². The number of nitrogens with zero attached hydrogens (tertiary/aromatic N) is 2. The summed E-state index contributed by atoms with van der Waals surface area (Å²) in [5, 5.41) is 0. The Bertz CT molecular complexity index is 1190. The summed E-state index contributed by atoms with van der Waals surface area (Å²) in [4.78, 5) is 20.9. The van der Waals surface area contributed by atoms with Gasteiger partial charge in [0.25, 0.3) is 5.91 Å². The van der Waals surface area contributed by atoms with Crippen molar-refractivity contribution in [1.29, 1.82) is 0 Å². The summed E-state index contributed by atoms with van der Waals surface area (Å²) in [5.41, 5.74) is 0.0644. The number of halogens is 4. The summed E-state index contributed by atoms with van der Waals surface area (Å²) in [5.74, 6) is -0.991. The molecule has 0 unspecified atom stereocenters. The molecule has 38 heavy (non-hydrogen) atoms. The number of aryl methyl sites for hydroxylation is 1. The second kappa shape index (κ2) is 10.5. The average Bonchev–Trinajstić information content (AvgIpc) is 3.13. The van der Waals surface area contributed by atoms with Crippen LogP contribution >= 0.6 is 0 Å². The third-order valence-corrected chi connectivity index (χ3v) is 8.83. The van der Waals surface area contributed by atoms with Crippen molar-refractivity contribution in [2.45, 2.75) is 97.4 Å². The molecule has 0 bridgehead atoms. The summed E-state index contributed by atoms with van der Waals surface area (Å²) < 4.78 is 55.0. The van der Waals surface area contributed by atoms with Crippen LogP contribution in [0.25, 0.3) is 0 Å². The van der Waals surface area contributed by atoms with Crippen molar-refractivity contribution in [1.82, 2.24) is 4.90 Å². The third kappa shape index (κ3) is 5.39. The highest BCUT2D eigenvalue weighted by molar-refractivity contribution is 6.46. The van der Waals surface area contributed by atoms with E-state index in [4.69, 9.17) is 4.99 Å². The molecule has 0 saturated heterocycles. The number of carbonyl (C=O) groups is 1. The lowest BCUT2D eigenvalue weighted by Gasteiger charge is -2.48. The minimum absolute atomic E-state index is 0.0728. The first kappa shape index (κ1) is 28.3. The van der Waals surface area contributed by atoms with Crippen LogP contribution in [0.15, 0.2) is 47.5 Å². The molecule has 1 atom stereocenters. The highest BCUT2D eigenvalue weighted by Crippen LogP contribution is 2.50. The van der Waals surface area contributed by atoms with Crippen LogP contribution in [0.1, 0.15) is 101 Å². The van der Waals surface area contributed by atoms with E-state index in [1.165, 1.54) is 0 Å². The van der Waals surface area contributed by atoms with Crippen LogP contribution in [0.2, 0.25) is 0 Å². The molecule has 1 fully saturated rings. The number of amides is 1. The molecule has 1 heterocycles. The Morgan fingerprint density at radius 2 is 1.68 bits per heavy atom. The molecule has 0 radical (unpaired) electrons. The first-order valence-electron chi connectivity index (χ1n) is 13.7. The maximum atomic E-state index is 14.4. The predicted octanol–water partition coefficient (Wildman–Crippen LogP) is 8.65. The molecule has 1 spiro atoms. The van der Waals surface area contributed by atoms with Crippen LogP contribution in [-0.4, -0.2) is 22.2 Å². The summed E-state index contributed by atoms with van der Waals surface area (Å²) in [6, 6.07) is 10.1.